The molecule has 3 nitrogen and oxygen atoms in total. The summed E-state index contributed by atoms with van der Waals surface area (Å²) in [5, 5.41) is 0. The first-order valence-electron chi connectivity index (χ1n) is 5.88. The maximum atomic E-state index is 11.0. The van der Waals surface area contributed by atoms with E-state index in [0.29, 0.717) is 5.92 Å². The molecule has 0 spiro atoms. The molecule has 0 aliphatic carbocycles. The number of carbonyl (C=O) groups is 1. The average Bonchev–Trinajstić information content (AvgIpc) is 2.86. The summed E-state index contributed by atoms with van der Waals surface area (Å²) in [5.41, 5.74) is -0.662. The molecule has 2 rings (SSSR count). The Labute approximate surface area is 91.1 Å². The highest BCUT2D eigenvalue weighted by Gasteiger charge is 2.50. The van der Waals surface area contributed by atoms with E-state index in [-0.39, 0.29) is 5.60 Å². The van der Waals surface area contributed by atoms with Crippen LogP contribution >= 0.6 is 0 Å². The number of ether oxygens (including phenoxy) is 2. The second kappa shape index (κ2) is 3.87. The molecule has 0 saturated carbocycles. The van der Waals surface area contributed by atoms with E-state index in [1.165, 1.54) is 0 Å². The van der Waals surface area contributed by atoms with Gasteiger partial charge >= 0.3 is 0 Å². The molecule has 0 aromatic heterocycles. The summed E-state index contributed by atoms with van der Waals surface area (Å²) in [5.74, 6) is 0.476. The predicted octanol–water partition coefficient (Wildman–Crippen LogP) is 1.94. The Hall–Kier alpha value is -0.410. The van der Waals surface area contributed by atoms with Crippen LogP contribution in [-0.4, -0.2) is 30.7 Å². The summed E-state index contributed by atoms with van der Waals surface area (Å²) in [6, 6.07) is 0. The van der Waals surface area contributed by atoms with Crippen molar-refractivity contribution in [1.29, 1.82) is 0 Å². The van der Waals surface area contributed by atoms with Crippen molar-refractivity contribution in [3.63, 3.8) is 0 Å². The van der Waals surface area contributed by atoms with Gasteiger partial charge in [0.2, 0.25) is 0 Å². The van der Waals surface area contributed by atoms with Crippen LogP contribution in [0.1, 0.15) is 39.5 Å². The lowest BCUT2D eigenvalue weighted by atomic mass is 9.82. The molecule has 2 saturated heterocycles. The molecule has 15 heavy (non-hydrogen) atoms. The largest absolute Gasteiger partial charge is 0.381 e. The van der Waals surface area contributed by atoms with Crippen molar-refractivity contribution in [3.05, 3.63) is 0 Å². The van der Waals surface area contributed by atoms with Crippen LogP contribution in [0.2, 0.25) is 0 Å². The summed E-state index contributed by atoms with van der Waals surface area (Å²) in [6.45, 7) is 5.68. The van der Waals surface area contributed by atoms with E-state index in [1.807, 2.05) is 6.92 Å². The second-order valence-corrected chi connectivity index (χ2v) is 5.01. The average molecular weight is 212 g/mol. The Kier molecular flexibility index (Phi) is 2.86. The van der Waals surface area contributed by atoms with Gasteiger partial charge in [-0.25, -0.2) is 0 Å². The number of hydrogen-bond acceptors (Lipinski definition) is 3. The van der Waals surface area contributed by atoms with Crippen molar-refractivity contribution in [1.82, 2.24) is 0 Å². The van der Waals surface area contributed by atoms with Gasteiger partial charge in [0, 0.05) is 12.5 Å². The second-order valence-electron chi connectivity index (χ2n) is 5.01. The molecular weight excluding hydrogens is 192 g/mol. The molecule has 3 unspecified atom stereocenters. The molecule has 86 valence electrons. The Bertz CT molecular complexity index is 247. The first-order valence-corrected chi connectivity index (χ1v) is 5.88. The molecule has 0 aromatic carbocycles. The fourth-order valence-electron chi connectivity index (χ4n) is 2.88. The van der Waals surface area contributed by atoms with Gasteiger partial charge in [-0.3, -0.25) is 0 Å². The van der Waals surface area contributed by atoms with Crippen LogP contribution in [-0.2, 0) is 14.3 Å². The molecule has 3 atom stereocenters. The van der Waals surface area contributed by atoms with Gasteiger partial charge in [-0.05, 0) is 32.6 Å². The van der Waals surface area contributed by atoms with Gasteiger partial charge in [0.05, 0.1) is 12.2 Å². The summed E-state index contributed by atoms with van der Waals surface area (Å²) in [7, 11) is 0. The molecule has 2 aliphatic rings. The van der Waals surface area contributed by atoms with E-state index in [2.05, 4.69) is 6.92 Å². The van der Waals surface area contributed by atoms with Gasteiger partial charge in [-0.15, -0.1) is 0 Å². The number of carbonyl (C=O) groups excluding carboxylic acids is 1. The predicted molar refractivity (Wildman–Crippen MR) is 56.7 cm³/mol. The normalized spacial score (nSPS) is 45.9. The van der Waals surface area contributed by atoms with Crippen LogP contribution in [0, 0.1) is 5.92 Å². The summed E-state index contributed by atoms with van der Waals surface area (Å²) in [4.78, 5) is 11.0. The van der Waals surface area contributed by atoms with Crippen molar-refractivity contribution in [3.8, 4) is 0 Å². The smallest absolute Gasteiger partial charge is 0.151 e. The number of aldehydes is 1. The van der Waals surface area contributed by atoms with E-state index < -0.39 is 5.60 Å². The van der Waals surface area contributed by atoms with Crippen molar-refractivity contribution in [2.24, 2.45) is 5.92 Å². The van der Waals surface area contributed by atoms with Crippen molar-refractivity contribution < 1.29 is 14.3 Å². The zero-order valence-corrected chi connectivity index (χ0v) is 9.62. The lowest BCUT2D eigenvalue weighted by Crippen LogP contribution is -2.41. The minimum Gasteiger partial charge on any atom is -0.381 e. The maximum Gasteiger partial charge on any atom is 0.151 e. The third kappa shape index (κ3) is 1.83. The van der Waals surface area contributed by atoms with Gasteiger partial charge in [0.1, 0.15) is 5.60 Å². The highest BCUT2D eigenvalue weighted by Crippen LogP contribution is 2.46. The maximum absolute atomic E-state index is 11.0. The lowest BCUT2D eigenvalue weighted by molar-refractivity contribution is -0.147. The number of rotatable bonds is 3. The molecule has 0 N–H and O–H groups in total. The minimum absolute atomic E-state index is 0.105. The van der Waals surface area contributed by atoms with Crippen LogP contribution in [0.4, 0.5) is 0 Å². The molecular formula is C12H20O3. The first kappa shape index (κ1) is 11.1. The Morgan fingerprint density at radius 3 is 2.73 bits per heavy atom. The highest BCUT2D eigenvalue weighted by molar-refractivity contribution is 5.62. The topological polar surface area (TPSA) is 35.5 Å². The Morgan fingerprint density at radius 1 is 1.47 bits per heavy atom. The van der Waals surface area contributed by atoms with E-state index in [9.17, 15) is 4.79 Å². The summed E-state index contributed by atoms with van der Waals surface area (Å²) in [6.07, 6.45) is 4.85. The summed E-state index contributed by atoms with van der Waals surface area (Å²) >= 11 is 0. The molecule has 3 heteroatoms. The van der Waals surface area contributed by atoms with Crippen LogP contribution in [0.25, 0.3) is 0 Å². The van der Waals surface area contributed by atoms with Crippen LogP contribution < -0.4 is 0 Å². The van der Waals surface area contributed by atoms with Gasteiger partial charge < -0.3 is 14.3 Å². The highest BCUT2D eigenvalue weighted by atomic mass is 16.5. The van der Waals surface area contributed by atoms with Crippen LogP contribution in [0.15, 0.2) is 0 Å². The fraction of sp³-hybridized carbons (Fsp3) is 0.917. The molecule has 2 aliphatic heterocycles. The van der Waals surface area contributed by atoms with Crippen LogP contribution in [0.3, 0.4) is 0 Å². The van der Waals surface area contributed by atoms with Crippen molar-refractivity contribution >= 4 is 6.29 Å². The minimum atomic E-state index is -0.557. The molecule has 0 radical (unpaired) electrons. The van der Waals surface area contributed by atoms with Crippen molar-refractivity contribution in [2.45, 2.75) is 50.7 Å². The Balaban J connectivity index is 2.13. The standard InChI is InChI=1S/C12H20O3/c1-3-12(10-4-7-14-8-10)6-5-11(2,9-13)15-12/h9-10H,3-8H2,1-2H3. The zero-order chi connectivity index (χ0) is 10.9. The van der Waals surface area contributed by atoms with Crippen molar-refractivity contribution in [2.75, 3.05) is 13.2 Å². The summed E-state index contributed by atoms with van der Waals surface area (Å²) < 4.78 is 11.5. The molecule has 2 fully saturated rings. The van der Waals surface area contributed by atoms with Gasteiger partial charge in [-0.1, -0.05) is 6.92 Å². The molecule has 2 heterocycles. The third-order valence-corrected chi connectivity index (χ3v) is 4.00. The van der Waals surface area contributed by atoms with Gasteiger partial charge in [-0.2, -0.15) is 0 Å². The van der Waals surface area contributed by atoms with Crippen LogP contribution in [0.5, 0.6) is 0 Å². The lowest BCUT2D eigenvalue weighted by Gasteiger charge is -2.35. The Morgan fingerprint density at radius 2 is 2.27 bits per heavy atom. The zero-order valence-electron chi connectivity index (χ0n) is 9.62. The third-order valence-electron chi connectivity index (χ3n) is 4.00. The van der Waals surface area contributed by atoms with E-state index in [0.717, 1.165) is 45.2 Å². The quantitative estimate of drug-likeness (QED) is 0.671. The fourth-order valence-corrected chi connectivity index (χ4v) is 2.88. The van der Waals surface area contributed by atoms with Gasteiger partial charge in [0.15, 0.2) is 6.29 Å². The van der Waals surface area contributed by atoms with Gasteiger partial charge in [0.25, 0.3) is 0 Å². The first-order chi connectivity index (χ1) is 7.14. The molecule has 0 aromatic rings. The van der Waals surface area contributed by atoms with E-state index in [1.54, 1.807) is 0 Å². The van der Waals surface area contributed by atoms with E-state index in [4.69, 9.17) is 9.47 Å². The van der Waals surface area contributed by atoms with E-state index >= 15 is 0 Å². The SMILES string of the molecule is CCC1(C2CCOC2)CCC(C)(C=O)O1. The number of hydrogen-bond donors (Lipinski definition) is 0. The molecule has 0 bridgehead atoms. The monoisotopic (exact) mass is 212 g/mol. The molecule has 0 amide bonds.